The molecule has 2 aliphatic heterocycles. The SMILES string of the molecule is Cn1cncc1[C@H](N)C1=Cc2cccnc2[C@@H](N2CCN(C(=O)OC3CCCC3)CC2)c2ccc(Cl)cc21.Cn1cncc1[C@H](NC(=O)OC1(C2CC2)CC1)C1=Cc2cccnc2[C@@H](N2CCN(C(=O)OC3CCCC3)CC2)c2ccc(Cl)cc21. The van der Waals surface area contributed by atoms with Gasteiger partial charge in [-0.15, -0.1) is 0 Å². The molecule has 3 amide bonds. The van der Waals surface area contributed by atoms with Crippen molar-refractivity contribution in [3.63, 3.8) is 0 Å². The highest BCUT2D eigenvalue weighted by atomic mass is 35.5. The van der Waals surface area contributed by atoms with Crippen molar-refractivity contribution in [2.24, 2.45) is 25.7 Å². The van der Waals surface area contributed by atoms with Crippen LogP contribution in [0.3, 0.4) is 0 Å². The number of halogens is 2. The number of alkyl carbamates (subject to hydrolysis) is 1. The van der Waals surface area contributed by atoms with Crippen LogP contribution in [0.2, 0.25) is 10.0 Å². The smallest absolute Gasteiger partial charge is 0.410 e. The van der Waals surface area contributed by atoms with Gasteiger partial charge in [0.15, 0.2) is 0 Å². The van der Waals surface area contributed by atoms with Crippen LogP contribution in [-0.2, 0) is 28.3 Å². The lowest BCUT2D eigenvalue weighted by atomic mass is 9.90. The van der Waals surface area contributed by atoms with E-state index >= 15 is 0 Å². The van der Waals surface area contributed by atoms with Crippen molar-refractivity contribution in [2.45, 2.75) is 119 Å². The number of rotatable bonds is 11. The summed E-state index contributed by atoms with van der Waals surface area (Å²) in [6.45, 7) is 5.12. The monoisotopic (exact) mass is 1190 g/mol. The van der Waals surface area contributed by atoms with E-state index < -0.39 is 18.2 Å². The Hall–Kier alpha value is -7.09. The van der Waals surface area contributed by atoms with Gasteiger partial charge < -0.3 is 44.2 Å². The molecule has 3 N–H and O–H groups in total. The number of aryl methyl sites for hydroxylation is 2. The summed E-state index contributed by atoms with van der Waals surface area (Å²) in [6, 6.07) is 18.8. The molecule has 14 rings (SSSR count). The van der Waals surface area contributed by atoms with Crippen molar-refractivity contribution >= 4 is 64.8 Å². The number of amides is 3. The first-order chi connectivity index (χ1) is 41.4. The summed E-state index contributed by atoms with van der Waals surface area (Å²) in [5.41, 5.74) is 18.2. The molecule has 6 aromatic rings. The Morgan fingerprint density at radius 1 is 0.624 bits per heavy atom. The summed E-state index contributed by atoms with van der Waals surface area (Å²) in [4.78, 5) is 66.4. The van der Waals surface area contributed by atoms with E-state index in [0.29, 0.717) is 68.3 Å². The summed E-state index contributed by atoms with van der Waals surface area (Å²) in [6.07, 6.45) is 26.9. The summed E-state index contributed by atoms with van der Waals surface area (Å²) in [7, 11) is 3.88. The predicted molar refractivity (Wildman–Crippen MR) is 325 cm³/mol. The molecule has 6 fully saturated rings. The zero-order valence-corrected chi connectivity index (χ0v) is 49.8. The molecule has 0 spiro atoms. The van der Waals surface area contributed by atoms with Crippen LogP contribution in [0.5, 0.6) is 0 Å². The average molecular weight is 1190 g/mol. The molecule has 0 bridgehead atoms. The molecule has 0 unspecified atom stereocenters. The van der Waals surface area contributed by atoms with Gasteiger partial charge in [-0.05, 0) is 176 Å². The van der Waals surface area contributed by atoms with Crippen LogP contribution in [0.25, 0.3) is 23.3 Å². The minimum absolute atomic E-state index is 0.0429. The summed E-state index contributed by atoms with van der Waals surface area (Å²) in [5, 5.41) is 4.50. The maximum Gasteiger partial charge on any atom is 0.410 e. The zero-order chi connectivity index (χ0) is 58.3. The average Bonchev–Trinajstić information content (AvgIpc) is 2.12. The van der Waals surface area contributed by atoms with Crippen LogP contribution in [-0.4, -0.2) is 137 Å². The lowest BCUT2D eigenvalue weighted by Crippen LogP contribution is -2.50. The van der Waals surface area contributed by atoms with Gasteiger partial charge in [0, 0.05) is 88.9 Å². The molecule has 0 radical (unpaired) electrons. The number of aromatic nitrogens is 6. The van der Waals surface area contributed by atoms with Crippen molar-refractivity contribution in [3.8, 4) is 0 Å². The number of nitrogens with two attached hydrogens (primary N) is 1. The van der Waals surface area contributed by atoms with E-state index in [2.05, 4.69) is 61.5 Å². The van der Waals surface area contributed by atoms with Crippen molar-refractivity contribution in [1.82, 2.24) is 54.0 Å². The van der Waals surface area contributed by atoms with Crippen molar-refractivity contribution in [1.29, 1.82) is 0 Å². The fourth-order valence-electron chi connectivity index (χ4n) is 13.8. The minimum atomic E-state index is -0.559. The second-order valence-corrected chi connectivity index (χ2v) is 25.1. The van der Waals surface area contributed by atoms with Gasteiger partial charge in [-0.1, -0.05) is 47.5 Å². The number of imidazole rings is 2. The second kappa shape index (κ2) is 24.3. The number of ether oxygens (including phenoxy) is 3. The standard InChI is InChI=1S/C36H41ClN6O4.C29H33ClN6O2/c1-41-22-38-21-30(41)32(40-34(44)47-36(12-13-36)24-8-9-24)29-19-23-5-4-14-39-31(23)33(27-11-10-25(37)20-28(27)29)42-15-17-43(18-16-42)35(45)46-26-6-2-3-7-26;1-34-18-32-17-25(34)26(31)24-15-19-5-4-10-33-27(19)28(22-9-8-20(30)16-23(22)24)35-11-13-36(14-12-35)29(37)38-21-6-2-3-7-21/h4-5,10-11,14,19-22,24,26,32-33H,2-3,6-9,12-13,15-18H2,1H3,(H,40,44);4-5,8-10,15-18,21,26,28H,2-3,6-7,11-14,31H2,1H3/t32-,33+;26-,28+/m11/s1. The van der Waals surface area contributed by atoms with Crippen LogP contribution in [0.1, 0.15) is 157 Å². The van der Waals surface area contributed by atoms with E-state index in [4.69, 9.17) is 53.1 Å². The number of carbonyl (C=O) groups is 3. The van der Waals surface area contributed by atoms with Gasteiger partial charge in [0.05, 0.1) is 72.0 Å². The number of benzene rings is 2. The predicted octanol–water partition coefficient (Wildman–Crippen LogP) is 11.3. The van der Waals surface area contributed by atoms with Gasteiger partial charge in [0.2, 0.25) is 0 Å². The van der Waals surface area contributed by atoms with Gasteiger partial charge in [-0.2, -0.15) is 0 Å². The summed E-state index contributed by atoms with van der Waals surface area (Å²) >= 11 is 13.3. The molecule has 4 saturated carbocycles. The number of pyridine rings is 2. The normalized spacial score (nSPS) is 21.9. The number of nitrogens with zero attached hydrogens (tertiary/aromatic N) is 10. The van der Waals surface area contributed by atoms with Crippen molar-refractivity contribution in [3.05, 3.63) is 164 Å². The third-order valence-electron chi connectivity index (χ3n) is 18.7. The van der Waals surface area contributed by atoms with Crippen LogP contribution >= 0.6 is 23.2 Å². The maximum atomic E-state index is 13.6. The number of piperazine rings is 2. The molecule has 85 heavy (non-hydrogen) atoms. The number of carbonyl (C=O) groups excluding carboxylic acids is 3. The number of nitrogens with one attached hydrogen (secondary N) is 1. The van der Waals surface area contributed by atoms with E-state index in [-0.39, 0.29) is 42.1 Å². The molecule has 4 atom stereocenters. The summed E-state index contributed by atoms with van der Waals surface area (Å²) < 4.78 is 21.6. The van der Waals surface area contributed by atoms with Crippen molar-refractivity contribution in [2.75, 3.05) is 52.4 Å². The largest absolute Gasteiger partial charge is 0.446 e. The lowest BCUT2D eigenvalue weighted by molar-refractivity contribution is 0.0427. The Morgan fingerprint density at radius 3 is 1.55 bits per heavy atom. The van der Waals surface area contributed by atoms with Gasteiger partial charge in [0.25, 0.3) is 0 Å². The molecule has 18 nitrogen and oxygen atoms in total. The highest BCUT2D eigenvalue weighted by molar-refractivity contribution is 6.31. The second-order valence-electron chi connectivity index (χ2n) is 24.2. The van der Waals surface area contributed by atoms with E-state index in [9.17, 15) is 14.4 Å². The molecule has 6 aliphatic carbocycles. The van der Waals surface area contributed by atoms with Gasteiger partial charge in [-0.25, -0.2) is 24.4 Å². The number of fused-ring (bicyclic) bond motifs is 4. The van der Waals surface area contributed by atoms with Crippen LogP contribution in [0, 0.1) is 5.92 Å². The van der Waals surface area contributed by atoms with Crippen LogP contribution < -0.4 is 11.1 Å². The molecule has 6 heterocycles. The molecule has 8 aliphatic rings. The molecule has 444 valence electrons. The Labute approximate surface area is 506 Å². The van der Waals surface area contributed by atoms with Gasteiger partial charge in [0.1, 0.15) is 17.8 Å². The molecule has 2 aromatic carbocycles. The first kappa shape index (κ1) is 57.0. The summed E-state index contributed by atoms with van der Waals surface area (Å²) in [5.74, 6) is 0.476. The Morgan fingerprint density at radius 2 is 1.09 bits per heavy atom. The van der Waals surface area contributed by atoms with Crippen LogP contribution in [0.15, 0.2) is 98.1 Å². The molecular formula is C65H74Cl2N12O6. The van der Waals surface area contributed by atoms with Crippen LogP contribution in [0.4, 0.5) is 14.4 Å². The quantitative estimate of drug-likeness (QED) is 0.117. The minimum Gasteiger partial charge on any atom is -0.446 e. The Balaban J connectivity index is 0.000000162. The van der Waals surface area contributed by atoms with E-state index in [1.165, 1.54) is 0 Å². The first-order valence-electron chi connectivity index (χ1n) is 30.4. The molecule has 4 aromatic heterocycles. The lowest BCUT2D eigenvalue weighted by Gasteiger charge is -2.39. The Bertz CT molecular complexity index is 3510. The molecule has 20 heteroatoms. The number of hydrogen-bond acceptors (Lipinski definition) is 13. The first-order valence-corrected chi connectivity index (χ1v) is 31.1. The molecule has 2 saturated heterocycles. The Kier molecular flexibility index (Phi) is 16.3. The zero-order valence-electron chi connectivity index (χ0n) is 48.3. The van der Waals surface area contributed by atoms with E-state index in [1.54, 1.807) is 18.9 Å². The third-order valence-corrected chi connectivity index (χ3v) is 19.2. The van der Waals surface area contributed by atoms with E-state index in [0.717, 1.165) is 144 Å². The highest BCUT2D eigenvalue weighted by Gasteiger charge is 2.57. The van der Waals surface area contributed by atoms with Gasteiger partial charge >= 0.3 is 18.3 Å². The highest BCUT2D eigenvalue weighted by Crippen LogP contribution is 2.56. The van der Waals surface area contributed by atoms with E-state index in [1.807, 2.05) is 88.0 Å². The topological polar surface area (TPSA) is 191 Å². The number of hydrogen-bond donors (Lipinski definition) is 2. The molecular weight excluding hydrogens is 1120 g/mol. The fourth-order valence-corrected chi connectivity index (χ4v) is 14.2. The third kappa shape index (κ3) is 12.0. The van der Waals surface area contributed by atoms with Gasteiger partial charge in [-0.3, -0.25) is 19.8 Å². The fraction of sp³-hybridized carbons (Fsp3) is 0.462. The van der Waals surface area contributed by atoms with Crippen molar-refractivity contribution < 1.29 is 28.6 Å². The maximum absolute atomic E-state index is 13.6.